The standard InChI is InChI=1S/C20H13F5N6O2/c1-9-17-28-18(30-7-8-33-19(30)32)29-31(17)12-5-4-10(20(23,24)25)14(22)13(12)16(27-9)15-11(21)3-2-6-26-15/h2-6,9H,7-8H2,1H3/t9-/m0/s1. The van der Waals surface area contributed by atoms with Crippen LogP contribution in [0.15, 0.2) is 35.5 Å². The largest absolute Gasteiger partial charge is 0.447 e. The van der Waals surface area contributed by atoms with Gasteiger partial charge in [0.1, 0.15) is 24.2 Å². The molecule has 3 aromatic rings. The van der Waals surface area contributed by atoms with Crippen molar-refractivity contribution in [3.05, 3.63) is 64.7 Å². The molecule has 0 spiro atoms. The van der Waals surface area contributed by atoms with Gasteiger partial charge in [0.25, 0.3) is 5.95 Å². The SMILES string of the molecule is C[C@@H]1N=C(c2ncccc2F)c2c(ccc(C(F)(F)F)c2F)-n2nc(N3CCOC3=O)nc21. The number of hydrogen-bond acceptors (Lipinski definition) is 6. The van der Waals surface area contributed by atoms with Crippen LogP contribution in [0.5, 0.6) is 0 Å². The first-order valence-corrected chi connectivity index (χ1v) is 9.67. The zero-order valence-corrected chi connectivity index (χ0v) is 16.8. The number of amides is 1. The van der Waals surface area contributed by atoms with E-state index in [1.54, 1.807) is 0 Å². The number of carbonyl (C=O) groups is 1. The molecule has 2 aliphatic rings. The van der Waals surface area contributed by atoms with Crippen LogP contribution < -0.4 is 4.90 Å². The molecule has 0 unspecified atom stereocenters. The number of ether oxygens (including phenoxy) is 1. The van der Waals surface area contributed by atoms with Gasteiger partial charge in [-0.05, 0) is 31.2 Å². The fourth-order valence-corrected chi connectivity index (χ4v) is 3.69. The Labute approximate surface area is 182 Å². The summed E-state index contributed by atoms with van der Waals surface area (Å²) in [7, 11) is 0. The summed E-state index contributed by atoms with van der Waals surface area (Å²) < 4.78 is 76.4. The molecule has 1 atom stereocenters. The summed E-state index contributed by atoms with van der Waals surface area (Å²) in [6.45, 7) is 1.81. The van der Waals surface area contributed by atoms with Crippen LogP contribution in [0.4, 0.5) is 32.7 Å². The number of pyridine rings is 1. The lowest BCUT2D eigenvalue weighted by molar-refractivity contribution is -0.140. The minimum atomic E-state index is -5.01. The highest BCUT2D eigenvalue weighted by Gasteiger charge is 2.39. The number of benzene rings is 1. The molecular weight excluding hydrogens is 451 g/mol. The summed E-state index contributed by atoms with van der Waals surface area (Å²) in [6.07, 6.45) is -4.49. The van der Waals surface area contributed by atoms with Crippen LogP contribution in [0.25, 0.3) is 5.69 Å². The smallest absolute Gasteiger partial charge is 0.419 e. The van der Waals surface area contributed by atoms with Crippen LogP contribution in [0.1, 0.15) is 35.6 Å². The maximum absolute atomic E-state index is 15.4. The van der Waals surface area contributed by atoms with Crippen molar-refractivity contribution in [1.29, 1.82) is 0 Å². The van der Waals surface area contributed by atoms with Gasteiger partial charge in [-0.25, -0.2) is 23.2 Å². The van der Waals surface area contributed by atoms with E-state index in [2.05, 4.69) is 20.1 Å². The molecule has 0 radical (unpaired) electrons. The Morgan fingerprint density at radius 2 is 1.97 bits per heavy atom. The number of alkyl halides is 3. The Hall–Kier alpha value is -3.90. The van der Waals surface area contributed by atoms with Crippen LogP contribution in [-0.2, 0) is 10.9 Å². The van der Waals surface area contributed by atoms with Crippen molar-refractivity contribution < 1.29 is 31.5 Å². The number of aromatic nitrogens is 4. The van der Waals surface area contributed by atoms with Crippen molar-refractivity contribution in [2.24, 2.45) is 4.99 Å². The summed E-state index contributed by atoms with van der Waals surface area (Å²) in [5, 5.41) is 4.21. The zero-order chi connectivity index (χ0) is 23.5. The van der Waals surface area contributed by atoms with Gasteiger partial charge in [0, 0.05) is 6.20 Å². The van der Waals surface area contributed by atoms with E-state index < -0.39 is 52.5 Å². The van der Waals surface area contributed by atoms with E-state index in [1.165, 1.54) is 19.2 Å². The van der Waals surface area contributed by atoms with Gasteiger partial charge in [0.05, 0.1) is 29.1 Å². The molecule has 0 bridgehead atoms. The molecule has 1 amide bonds. The van der Waals surface area contributed by atoms with Gasteiger partial charge in [-0.15, -0.1) is 5.10 Å². The molecule has 8 nitrogen and oxygen atoms in total. The maximum Gasteiger partial charge on any atom is 0.419 e. The molecule has 2 aliphatic heterocycles. The van der Waals surface area contributed by atoms with Crippen molar-refractivity contribution in [3.63, 3.8) is 0 Å². The Kier molecular flexibility index (Phi) is 4.65. The molecule has 0 aliphatic carbocycles. The fourth-order valence-electron chi connectivity index (χ4n) is 3.69. The lowest BCUT2D eigenvalue weighted by atomic mass is 9.99. The fraction of sp³-hybridized carbons (Fsp3) is 0.250. The van der Waals surface area contributed by atoms with Gasteiger partial charge in [-0.1, -0.05) is 0 Å². The number of carbonyl (C=O) groups excluding carboxylic acids is 1. The van der Waals surface area contributed by atoms with Crippen LogP contribution >= 0.6 is 0 Å². The van der Waals surface area contributed by atoms with E-state index in [4.69, 9.17) is 4.74 Å². The van der Waals surface area contributed by atoms with E-state index in [0.29, 0.717) is 6.07 Å². The summed E-state index contributed by atoms with van der Waals surface area (Å²) in [5.41, 5.74) is -3.17. The summed E-state index contributed by atoms with van der Waals surface area (Å²) in [5.74, 6) is -2.51. The number of fused-ring (bicyclic) bond motifs is 3. The highest BCUT2D eigenvalue weighted by atomic mass is 19.4. The minimum absolute atomic E-state index is 0.0757. The third-order valence-electron chi connectivity index (χ3n) is 5.19. The molecule has 0 saturated carbocycles. The molecule has 1 fully saturated rings. The van der Waals surface area contributed by atoms with Gasteiger partial charge in [-0.2, -0.15) is 18.2 Å². The molecule has 1 aromatic carbocycles. The van der Waals surface area contributed by atoms with Gasteiger partial charge in [-0.3, -0.25) is 9.98 Å². The van der Waals surface area contributed by atoms with Crippen molar-refractivity contribution in [2.75, 3.05) is 18.1 Å². The molecule has 33 heavy (non-hydrogen) atoms. The van der Waals surface area contributed by atoms with Gasteiger partial charge in [0.2, 0.25) is 0 Å². The minimum Gasteiger partial charge on any atom is -0.447 e. The second-order valence-corrected chi connectivity index (χ2v) is 7.25. The number of aliphatic imine (C=N–C) groups is 1. The highest BCUT2D eigenvalue weighted by Crippen LogP contribution is 2.38. The topological polar surface area (TPSA) is 85.5 Å². The predicted octanol–water partition coefficient (Wildman–Crippen LogP) is 3.83. The molecule has 4 heterocycles. The lowest BCUT2D eigenvalue weighted by Gasteiger charge is -2.16. The summed E-state index contributed by atoms with van der Waals surface area (Å²) in [6, 6.07) is 2.99. The van der Waals surface area contributed by atoms with E-state index in [0.717, 1.165) is 21.7 Å². The summed E-state index contributed by atoms with van der Waals surface area (Å²) in [4.78, 5) is 25.5. The monoisotopic (exact) mass is 464 g/mol. The van der Waals surface area contributed by atoms with Gasteiger partial charge >= 0.3 is 12.3 Å². The third kappa shape index (κ3) is 3.31. The Morgan fingerprint density at radius 3 is 2.64 bits per heavy atom. The second kappa shape index (κ2) is 7.32. The van der Waals surface area contributed by atoms with E-state index in [-0.39, 0.29) is 30.6 Å². The predicted molar refractivity (Wildman–Crippen MR) is 103 cm³/mol. The average molecular weight is 464 g/mol. The molecule has 13 heteroatoms. The van der Waals surface area contributed by atoms with Crippen LogP contribution in [0.2, 0.25) is 0 Å². The van der Waals surface area contributed by atoms with Crippen LogP contribution in [0, 0.1) is 11.6 Å². The normalized spacial score (nSPS) is 17.9. The van der Waals surface area contributed by atoms with Crippen LogP contribution in [-0.4, -0.2) is 44.7 Å². The number of halogens is 5. The molecule has 5 rings (SSSR count). The van der Waals surface area contributed by atoms with Crippen molar-refractivity contribution in [3.8, 4) is 5.69 Å². The van der Waals surface area contributed by atoms with Crippen molar-refractivity contribution in [1.82, 2.24) is 19.7 Å². The van der Waals surface area contributed by atoms with Crippen molar-refractivity contribution >= 4 is 17.8 Å². The first-order chi connectivity index (χ1) is 15.7. The number of hydrogen-bond donors (Lipinski definition) is 0. The number of anilines is 1. The Morgan fingerprint density at radius 1 is 1.18 bits per heavy atom. The van der Waals surface area contributed by atoms with E-state index in [1.807, 2.05) is 0 Å². The molecular formula is C20H13F5N6O2. The second-order valence-electron chi connectivity index (χ2n) is 7.25. The molecule has 0 N–H and O–H groups in total. The van der Waals surface area contributed by atoms with Crippen LogP contribution in [0.3, 0.4) is 0 Å². The Bertz CT molecular complexity index is 1320. The number of nitrogens with zero attached hydrogens (tertiary/aromatic N) is 6. The van der Waals surface area contributed by atoms with Gasteiger partial charge < -0.3 is 4.74 Å². The molecule has 1 saturated heterocycles. The quantitative estimate of drug-likeness (QED) is 0.539. The number of cyclic esters (lactones) is 1. The van der Waals surface area contributed by atoms with E-state index in [9.17, 15) is 22.4 Å². The first kappa shape index (κ1) is 21.0. The lowest BCUT2D eigenvalue weighted by Crippen LogP contribution is -2.25. The summed E-state index contributed by atoms with van der Waals surface area (Å²) >= 11 is 0. The molecule has 2 aromatic heterocycles. The first-order valence-electron chi connectivity index (χ1n) is 9.67. The van der Waals surface area contributed by atoms with E-state index >= 15 is 4.39 Å². The maximum atomic E-state index is 15.4. The van der Waals surface area contributed by atoms with Gasteiger partial charge in [0.15, 0.2) is 11.6 Å². The highest BCUT2D eigenvalue weighted by molar-refractivity contribution is 6.14. The zero-order valence-electron chi connectivity index (χ0n) is 16.8. The average Bonchev–Trinajstić information content (AvgIpc) is 3.35. The third-order valence-corrected chi connectivity index (χ3v) is 5.19. The van der Waals surface area contributed by atoms with Crippen molar-refractivity contribution in [2.45, 2.75) is 19.1 Å². The molecule has 170 valence electrons. The Balaban J connectivity index is 1.80. The number of rotatable bonds is 2.